The molecule has 28 heavy (non-hydrogen) atoms. The summed E-state index contributed by atoms with van der Waals surface area (Å²) in [6, 6.07) is 8.27. The number of nitrogens with one attached hydrogen (secondary N) is 1. The molecule has 0 aliphatic rings. The molecule has 0 fully saturated rings. The van der Waals surface area contributed by atoms with Gasteiger partial charge in [-0.15, -0.1) is 0 Å². The number of sulfonamides is 1. The van der Waals surface area contributed by atoms with Crippen LogP contribution in [0.1, 0.15) is 34.5 Å². The topological polar surface area (TPSA) is 116 Å². The highest BCUT2D eigenvalue weighted by Crippen LogP contribution is 2.26. The zero-order valence-corrected chi connectivity index (χ0v) is 17.4. The van der Waals surface area contributed by atoms with Crippen molar-refractivity contribution in [1.82, 2.24) is 5.32 Å². The lowest BCUT2D eigenvalue weighted by atomic mass is 10.1. The number of aryl methyl sites for hydroxylation is 1. The smallest absolute Gasteiger partial charge is 0.338 e. The van der Waals surface area contributed by atoms with Crippen LogP contribution < -0.4 is 10.5 Å². The summed E-state index contributed by atoms with van der Waals surface area (Å²) in [6.45, 7) is 2.77. The van der Waals surface area contributed by atoms with Crippen molar-refractivity contribution < 1.29 is 22.7 Å². The van der Waals surface area contributed by atoms with Crippen LogP contribution in [0.25, 0.3) is 0 Å². The molecular formula is C18H18Cl2N2O5S. The van der Waals surface area contributed by atoms with Gasteiger partial charge >= 0.3 is 5.97 Å². The first-order valence-corrected chi connectivity index (χ1v) is 10.3. The monoisotopic (exact) mass is 444 g/mol. The summed E-state index contributed by atoms with van der Waals surface area (Å²) < 4.78 is 27.8. The van der Waals surface area contributed by atoms with Crippen molar-refractivity contribution >= 4 is 45.1 Å². The largest absolute Gasteiger partial charge is 0.452 e. The number of amides is 1. The number of halogens is 2. The lowest BCUT2D eigenvalue weighted by molar-refractivity contribution is -0.124. The SMILES string of the molecule is Cc1ccc(S(N)(=O)=O)cc1C(=O)OCC(=O)NC(C)c1ccc(Cl)cc1Cl. The van der Waals surface area contributed by atoms with Gasteiger partial charge in [0, 0.05) is 10.0 Å². The number of benzene rings is 2. The van der Waals surface area contributed by atoms with Gasteiger partial charge < -0.3 is 10.1 Å². The number of hydrogen-bond acceptors (Lipinski definition) is 5. The Morgan fingerprint density at radius 3 is 2.46 bits per heavy atom. The highest BCUT2D eigenvalue weighted by Gasteiger charge is 2.18. The van der Waals surface area contributed by atoms with Crippen LogP contribution in [0.3, 0.4) is 0 Å². The van der Waals surface area contributed by atoms with Gasteiger partial charge in [-0.05, 0) is 49.2 Å². The summed E-state index contributed by atoms with van der Waals surface area (Å²) >= 11 is 12.0. The Morgan fingerprint density at radius 1 is 1.18 bits per heavy atom. The fourth-order valence-electron chi connectivity index (χ4n) is 2.42. The van der Waals surface area contributed by atoms with Crippen LogP contribution in [-0.4, -0.2) is 26.9 Å². The fraction of sp³-hybridized carbons (Fsp3) is 0.222. The Balaban J connectivity index is 2.02. The maximum Gasteiger partial charge on any atom is 0.338 e. The molecule has 3 N–H and O–H groups in total. The molecule has 2 aromatic carbocycles. The van der Waals surface area contributed by atoms with Crippen molar-refractivity contribution in [2.24, 2.45) is 5.14 Å². The Morgan fingerprint density at radius 2 is 1.86 bits per heavy atom. The molecule has 2 aromatic rings. The van der Waals surface area contributed by atoms with Crippen molar-refractivity contribution in [2.75, 3.05) is 6.61 Å². The molecule has 0 radical (unpaired) electrons. The zero-order chi connectivity index (χ0) is 21.1. The van der Waals surface area contributed by atoms with Crippen LogP contribution in [0, 0.1) is 6.92 Å². The predicted octanol–water partition coefficient (Wildman–Crippen LogP) is 2.98. The van der Waals surface area contributed by atoms with Crippen molar-refractivity contribution in [3.05, 3.63) is 63.1 Å². The van der Waals surface area contributed by atoms with Crippen molar-refractivity contribution in [1.29, 1.82) is 0 Å². The molecule has 7 nitrogen and oxygen atoms in total. The number of carbonyl (C=O) groups is 2. The molecule has 1 unspecified atom stereocenters. The van der Waals surface area contributed by atoms with Crippen molar-refractivity contribution in [2.45, 2.75) is 24.8 Å². The average molecular weight is 445 g/mol. The van der Waals surface area contributed by atoms with Crippen LogP contribution in [0.15, 0.2) is 41.3 Å². The second kappa shape index (κ2) is 8.91. The van der Waals surface area contributed by atoms with Gasteiger partial charge in [-0.25, -0.2) is 18.4 Å². The van der Waals surface area contributed by atoms with E-state index < -0.39 is 34.5 Å². The predicted molar refractivity (Wildman–Crippen MR) is 106 cm³/mol. The van der Waals surface area contributed by atoms with Crippen LogP contribution in [0.5, 0.6) is 0 Å². The maximum absolute atomic E-state index is 12.2. The molecular weight excluding hydrogens is 427 g/mol. The van der Waals surface area contributed by atoms with Gasteiger partial charge in [-0.3, -0.25) is 4.79 Å². The highest BCUT2D eigenvalue weighted by molar-refractivity contribution is 7.89. The molecule has 0 aliphatic carbocycles. The standard InChI is InChI=1S/C18H18Cl2N2O5S/c1-10-3-5-13(28(21,25)26)8-15(10)18(24)27-9-17(23)22-11(2)14-6-4-12(19)7-16(14)20/h3-8,11H,9H2,1-2H3,(H,22,23)(H2,21,25,26). The normalized spacial score (nSPS) is 12.3. The van der Waals surface area contributed by atoms with E-state index in [1.165, 1.54) is 12.1 Å². The molecule has 1 amide bonds. The first-order valence-electron chi connectivity index (χ1n) is 8.04. The number of esters is 1. The molecule has 1 atom stereocenters. The molecule has 0 saturated carbocycles. The van der Waals surface area contributed by atoms with Gasteiger partial charge in [0.25, 0.3) is 5.91 Å². The number of ether oxygens (including phenoxy) is 1. The minimum absolute atomic E-state index is 0.00752. The Kier molecular flexibility index (Phi) is 7.06. The maximum atomic E-state index is 12.2. The third-order valence-corrected chi connectivity index (χ3v) is 5.37. The van der Waals surface area contributed by atoms with E-state index in [0.29, 0.717) is 21.2 Å². The quantitative estimate of drug-likeness (QED) is 0.664. The number of nitrogens with two attached hydrogens (primary N) is 1. The fourth-order valence-corrected chi connectivity index (χ4v) is 3.53. The highest BCUT2D eigenvalue weighted by atomic mass is 35.5. The third-order valence-electron chi connectivity index (χ3n) is 3.90. The Hall–Kier alpha value is -2.13. The summed E-state index contributed by atoms with van der Waals surface area (Å²) in [5.41, 5.74) is 1.15. The van der Waals surface area contributed by atoms with E-state index in [-0.39, 0.29) is 10.5 Å². The van der Waals surface area contributed by atoms with Gasteiger partial charge in [0.1, 0.15) is 0 Å². The average Bonchev–Trinajstić information content (AvgIpc) is 2.58. The van der Waals surface area contributed by atoms with E-state index in [1.807, 2.05) is 0 Å². The Labute approximate surface area is 172 Å². The number of carbonyl (C=O) groups excluding carboxylic acids is 2. The molecule has 150 valence electrons. The summed E-state index contributed by atoms with van der Waals surface area (Å²) in [4.78, 5) is 24.1. The molecule has 2 rings (SSSR count). The van der Waals surface area contributed by atoms with E-state index in [2.05, 4.69) is 5.32 Å². The van der Waals surface area contributed by atoms with Crippen LogP contribution in [0.4, 0.5) is 0 Å². The molecule has 0 heterocycles. The van der Waals surface area contributed by atoms with E-state index in [4.69, 9.17) is 33.1 Å². The molecule has 0 aromatic heterocycles. The third kappa shape index (κ3) is 5.68. The number of rotatable bonds is 6. The molecule has 0 saturated heterocycles. The molecule has 0 bridgehead atoms. The minimum atomic E-state index is -3.97. The summed E-state index contributed by atoms with van der Waals surface area (Å²) in [5, 5.41) is 8.59. The molecule has 0 spiro atoms. The van der Waals surface area contributed by atoms with Gasteiger partial charge in [0.2, 0.25) is 10.0 Å². The first kappa shape index (κ1) is 22.2. The van der Waals surface area contributed by atoms with E-state index in [9.17, 15) is 18.0 Å². The molecule has 10 heteroatoms. The van der Waals surface area contributed by atoms with Crippen LogP contribution >= 0.6 is 23.2 Å². The van der Waals surface area contributed by atoms with Crippen LogP contribution in [0.2, 0.25) is 10.0 Å². The van der Waals surface area contributed by atoms with Gasteiger partial charge in [-0.1, -0.05) is 35.3 Å². The van der Waals surface area contributed by atoms with Crippen molar-refractivity contribution in [3.63, 3.8) is 0 Å². The van der Waals surface area contributed by atoms with Crippen molar-refractivity contribution in [3.8, 4) is 0 Å². The summed E-state index contributed by atoms with van der Waals surface area (Å²) in [6.07, 6.45) is 0. The Bertz CT molecular complexity index is 1020. The zero-order valence-electron chi connectivity index (χ0n) is 15.0. The number of hydrogen-bond donors (Lipinski definition) is 2. The van der Waals surface area contributed by atoms with Gasteiger partial charge in [0.05, 0.1) is 16.5 Å². The van der Waals surface area contributed by atoms with Gasteiger partial charge in [-0.2, -0.15) is 0 Å². The second-order valence-corrected chi connectivity index (χ2v) is 8.46. The van der Waals surface area contributed by atoms with Gasteiger partial charge in [0.15, 0.2) is 6.61 Å². The van der Waals surface area contributed by atoms with Crippen LogP contribution in [-0.2, 0) is 19.6 Å². The van der Waals surface area contributed by atoms with E-state index >= 15 is 0 Å². The summed E-state index contributed by atoms with van der Waals surface area (Å²) in [7, 11) is -3.97. The minimum Gasteiger partial charge on any atom is -0.452 e. The summed E-state index contributed by atoms with van der Waals surface area (Å²) in [5.74, 6) is -1.39. The van der Waals surface area contributed by atoms with E-state index in [0.717, 1.165) is 6.07 Å². The lowest BCUT2D eigenvalue weighted by Crippen LogP contribution is -2.31. The number of primary sulfonamides is 1. The molecule has 0 aliphatic heterocycles. The first-order chi connectivity index (χ1) is 13.0. The van der Waals surface area contributed by atoms with E-state index in [1.54, 1.807) is 32.0 Å². The second-order valence-electron chi connectivity index (χ2n) is 6.05. The lowest BCUT2D eigenvalue weighted by Gasteiger charge is -2.16.